The van der Waals surface area contributed by atoms with E-state index in [4.69, 9.17) is 15.2 Å². The Bertz CT molecular complexity index is 398. The molecule has 1 unspecified atom stereocenters. The lowest BCUT2D eigenvalue weighted by Gasteiger charge is -2.13. The van der Waals surface area contributed by atoms with Crippen molar-refractivity contribution in [2.24, 2.45) is 5.73 Å². The van der Waals surface area contributed by atoms with Gasteiger partial charge in [0.05, 0.1) is 7.11 Å². The summed E-state index contributed by atoms with van der Waals surface area (Å²) < 4.78 is 10.5. The molecule has 0 radical (unpaired) electrons. The van der Waals surface area contributed by atoms with Crippen molar-refractivity contribution >= 4 is 5.91 Å². The van der Waals surface area contributed by atoms with Crippen LogP contribution < -0.4 is 20.5 Å². The van der Waals surface area contributed by atoms with E-state index in [1.54, 1.807) is 19.2 Å². The van der Waals surface area contributed by atoms with Gasteiger partial charge in [-0.05, 0) is 12.1 Å². The minimum absolute atomic E-state index is 0.163. The Morgan fingerprint density at radius 2 is 2.21 bits per heavy atom. The fourth-order valence-electron chi connectivity index (χ4n) is 1.42. The van der Waals surface area contributed by atoms with Crippen LogP contribution in [-0.2, 0) is 4.79 Å². The second-order valence-corrected chi connectivity index (χ2v) is 4.06. The summed E-state index contributed by atoms with van der Waals surface area (Å²) in [5.41, 5.74) is 4.99. The topological polar surface area (TPSA) is 93.8 Å². The molecule has 0 heterocycles. The number of carbonyl (C=O) groups excluding carboxylic acids is 1. The average Bonchev–Trinajstić information content (AvgIpc) is 2.41. The second-order valence-electron chi connectivity index (χ2n) is 4.06. The molecule has 4 N–H and O–H groups in total. The number of aliphatic hydroxyl groups excluding tert-OH is 1. The van der Waals surface area contributed by atoms with Crippen molar-refractivity contribution in [2.75, 3.05) is 26.8 Å². The van der Waals surface area contributed by atoms with E-state index in [1.165, 1.54) is 0 Å². The number of nitrogens with two attached hydrogens (primary N) is 1. The summed E-state index contributed by atoms with van der Waals surface area (Å²) in [6, 6.07) is 7.16. The van der Waals surface area contributed by atoms with E-state index in [2.05, 4.69) is 5.32 Å². The Morgan fingerprint density at radius 1 is 1.47 bits per heavy atom. The van der Waals surface area contributed by atoms with Crippen LogP contribution in [-0.4, -0.2) is 43.9 Å². The Kier molecular flexibility index (Phi) is 6.70. The number of aliphatic hydroxyl groups is 1. The number of hydrogen-bond donors (Lipinski definition) is 3. The number of rotatable bonds is 9. The molecule has 0 saturated carbocycles. The maximum absolute atomic E-state index is 10.5. The molecule has 0 aliphatic carbocycles. The van der Waals surface area contributed by atoms with Gasteiger partial charge in [0.15, 0.2) is 0 Å². The van der Waals surface area contributed by atoms with Crippen molar-refractivity contribution < 1.29 is 19.4 Å². The third-order valence-corrected chi connectivity index (χ3v) is 2.41. The van der Waals surface area contributed by atoms with Gasteiger partial charge in [0.25, 0.3) is 0 Å². The van der Waals surface area contributed by atoms with E-state index < -0.39 is 6.10 Å². The molecule has 0 aliphatic heterocycles. The molecule has 1 amide bonds. The Balaban J connectivity index is 2.21. The fraction of sp³-hybridized carbons (Fsp3) is 0.462. The van der Waals surface area contributed by atoms with Crippen LogP contribution in [0.2, 0.25) is 0 Å². The molecule has 0 spiro atoms. The lowest BCUT2D eigenvalue weighted by Crippen LogP contribution is -2.33. The van der Waals surface area contributed by atoms with Crippen LogP contribution >= 0.6 is 0 Å². The molecule has 19 heavy (non-hydrogen) atoms. The Labute approximate surface area is 112 Å². The average molecular weight is 268 g/mol. The van der Waals surface area contributed by atoms with Crippen LogP contribution in [0.3, 0.4) is 0 Å². The van der Waals surface area contributed by atoms with Gasteiger partial charge >= 0.3 is 0 Å². The van der Waals surface area contributed by atoms with Crippen LogP contribution in [0.5, 0.6) is 11.5 Å². The number of hydrogen-bond acceptors (Lipinski definition) is 5. The first kappa shape index (κ1) is 15.3. The molecule has 0 aromatic heterocycles. The van der Waals surface area contributed by atoms with Crippen molar-refractivity contribution in [3.05, 3.63) is 24.3 Å². The normalized spacial score (nSPS) is 11.9. The molecule has 1 atom stereocenters. The molecule has 1 rings (SSSR count). The number of methoxy groups -OCH3 is 1. The smallest absolute Gasteiger partial charge is 0.218 e. The summed E-state index contributed by atoms with van der Waals surface area (Å²) in [7, 11) is 1.58. The molecule has 1 aromatic rings. The highest BCUT2D eigenvalue weighted by atomic mass is 16.5. The molecule has 106 valence electrons. The highest BCUT2D eigenvalue weighted by molar-refractivity contribution is 5.73. The van der Waals surface area contributed by atoms with Crippen molar-refractivity contribution in [2.45, 2.75) is 12.5 Å². The van der Waals surface area contributed by atoms with Gasteiger partial charge in [-0.3, -0.25) is 4.79 Å². The summed E-state index contributed by atoms with van der Waals surface area (Å²) >= 11 is 0. The highest BCUT2D eigenvalue weighted by Gasteiger charge is 2.05. The summed E-state index contributed by atoms with van der Waals surface area (Å²) in [5, 5.41) is 12.6. The lowest BCUT2D eigenvalue weighted by atomic mass is 10.3. The van der Waals surface area contributed by atoms with Crippen LogP contribution in [0.25, 0.3) is 0 Å². The van der Waals surface area contributed by atoms with Crippen molar-refractivity contribution in [1.82, 2.24) is 5.32 Å². The predicted octanol–water partition coefficient (Wildman–Crippen LogP) is -0.100. The number of ether oxygens (including phenoxy) is 2. The van der Waals surface area contributed by atoms with Crippen molar-refractivity contribution in [1.29, 1.82) is 0 Å². The molecule has 0 bridgehead atoms. The highest BCUT2D eigenvalue weighted by Crippen LogP contribution is 2.18. The lowest BCUT2D eigenvalue weighted by molar-refractivity contribution is -0.117. The number of amides is 1. The first-order valence-corrected chi connectivity index (χ1v) is 6.05. The van der Waals surface area contributed by atoms with Gasteiger partial charge < -0.3 is 25.6 Å². The molecule has 1 aromatic carbocycles. The van der Waals surface area contributed by atoms with Gasteiger partial charge in [0.1, 0.15) is 24.2 Å². The standard InChI is InChI=1S/C13H20N2O4/c1-18-11-3-2-4-12(7-11)19-9-10(16)8-15-6-5-13(14)17/h2-4,7,10,15-16H,5-6,8-9H2,1H3,(H2,14,17). The fourth-order valence-corrected chi connectivity index (χ4v) is 1.42. The zero-order chi connectivity index (χ0) is 14.1. The van der Waals surface area contributed by atoms with Crippen molar-refractivity contribution in [3.63, 3.8) is 0 Å². The first-order valence-electron chi connectivity index (χ1n) is 6.05. The Morgan fingerprint density at radius 3 is 2.89 bits per heavy atom. The van der Waals surface area contributed by atoms with Crippen LogP contribution in [0.4, 0.5) is 0 Å². The largest absolute Gasteiger partial charge is 0.497 e. The molecule has 0 fully saturated rings. The number of benzene rings is 1. The molecule has 0 aliphatic rings. The molecule has 6 nitrogen and oxygen atoms in total. The van der Waals surface area contributed by atoms with E-state index >= 15 is 0 Å². The van der Waals surface area contributed by atoms with E-state index in [0.717, 1.165) is 0 Å². The van der Waals surface area contributed by atoms with Gasteiger partial charge in [-0.2, -0.15) is 0 Å². The maximum Gasteiger partial charge on any atom is 0.218 e. The summed E-state index contributed by atoms with van der Waals surface area (Å²) in [6.45, 7) is 0.958. The summed E-state index contributed by atoms with van der Waals surface area (Å²) in [4.78, 5) is 10.5. The van der Waals surface area contributed by atoms with Crippen LogP contribution in [0.15, 0.2) is 24.3 Å². The van der Waals surface area contributed by atoms with E-state index in [-0.39, 0.29) is 18.9 Å². The van der Waals surface area contributed by atoms with Gasteiger partial charge in [-0.25, -0.2) is 0 Å². The van der Waals surface area contributed by atoms with Gasteiger partial charge in [-0.15, -0.1) is 0 Å². The molecular weight excluding hydrogens is 248 g/mol. The van der Waals surface area contributed by atoms with Crippen LogP contribution in [0, 0.1) is 0 Å². The van der Waals surface area contributed by atoms with Crippen LogP contribution in [0.1, 0.15) is 6.42 Å². The van der Waals surface area contributed by atoms with E-state index in [9.17, 15) is 9.90 Å². The third-order valence-electron chi connectivity index (χ3n) is 2.41. The van der Waals surface area contributed by atoms with E-state index in [1.807, 2.05) is 12.1 Å². The molecular formula is C13H20N2O4. The monoisotopic (exact) mass is 268 g/mol. The second kappa shape index (κ2) is 8.34. The third kappa shape index (κ3) is 6.64. The zero-order valence-electron chi connectivity index (χ0n) is 11.0. The number of nitrogens with one attached hydrogen (secondary N) is 1. The molecule has 0 saturated heterocycles. The van der Waals surface area contributed by atoms with Crippen molar-refractivity contribution in [3.8, 4) is 11.5 Å². The maximum atomic E-state index is 10.5. The summed E-state index contributed by atoms with van der Waals surface area (Å²) in [5.74, 6) is 0.969. The number of carbonyl (C=O) groups is 1. The quantitative estimate of drug-likeness (QED) is 0.544. The van der Waals surface area contributed by atoms with Gasteiger partial charge in [0, 0.05) is 25.6 Å². The Hall–Kier alpha value is -1.79. The SMILES string of the molecule is COc1cccc(OCC(O)CNCCC(N)=O)c1. The van der Waals surface area contributed by atoms with Gasteiger partial charge in [-0.1, -0.05) is 6.07 Å². The zero-order valence-corrected chi connectivity index (χ0v) is 11.0. The number of primary amides is 1. The minimum atomic E-state index is -0.654. The van der Waals surface area contributed by atoms with Gasteiger partial charge in [0.2, 0.25) is 5.91 Å². The molecule has 6 heteroatoms. The van der Waals surface area contributed by atoms with E-state index in [0.29, 0.717) is 24.6 Å². The first-order chi connectivity index (χ1) is 9.11. The minimum Gasteiger partial charge on any atom is -0.497 e. The summed E-state index contributed by atoms with van der Waals surface area (Å²) in [6.07, 6.45) is -0.400. The predicted molar refractivity (Wildman–Crippen MR) is 71.2 cm³/mol.